The van der Waals surface area contributed by atoms with Crippen LogP contribution in [0.5, 0.6) is 0 Å². The lowest BCUT2D eigenvalue weighted by atomic mass is 9.74. The van der Waals surface area contributed by atoms with Crippen molar-refractivity contribution in [3.05, 3.63) is 0 Å². The number of likely N-dealkylation sites (tertiary alicyclic amines) is 1. The first kappa shape index (κ1) is 18.6. The third-order valence-corrected chi connectivity index (χ3v) is 5.91. The molecule has 2 fully saturated rings. The van der Waals surface area contributed by atoms with Gasteiger partial charge in [0.05, 0.1) is 0 Å². The van der Waals surface area contributed by atoms with Crippen molar-refractivity contribution in [2.45, 2.75) is 45.6 Å². The normalized spacial score (nSPS) is 24.2. The van der Waals surface area contributed by atoms with Crippen LogP contribution in [0.2, 0.25) is 0 Å². The average molecular weight is 355 g/mol. The lowest BCUT2D eigenvalue weighted by Gasteiger charge is -2.42. The molecule has 1 aliphatic heterocycles. The molecule has 2 rings (SSSR count). The fourth-order valence-electron chi connectivity index (χ4n) is 3.42. The molecule has 0 aromatic heterocycles. The number of Topliss-reactive ketones (excluding diaryl/α,β-unsaturated/α-hetero) is 2. The van der Waals surface area contributed by atoms with Gasteiger partial charge in [0.2, 0.25) is 5.91 Å². The van der Waals surface area contributed by atoms with Gasteiger partial charge in [-0.1, -0.05) is 18.7 Å². The van der Waals surface area contributed by atoms with Crippen LogP contribution in [0.1, 0.15) is 39.5 Å². The number of rotatable bonds is 4. The first-order valence-corrected chi connectivity index (χ1v) is 8.91. The van der Waals surface area contributed by atoms with Crippen LogP contribution in [0.25, 0.3) is 0 Å². The zero-order chi connectivity index (χ0) is 18.1. The molecular formula is C16H21NO6S. The van der Waals surface area contributed by atoms with Crippen LogP contribution >= 0.6 is 11.8 Å². The molecule has 1 N–H and O–H groups in total. The molecule has 1 saturated heterocycles. The van der Waals surface area contributed by atoms with Crippen molar-refractivity contribution in [2.24, 2.45) is 11.3 Å². The number of ketones is 2. The van der Waals surface area contributed by atoms with Crippen LogP contribution in [0.3, 0.4) is 0 Å². The van der Waals surface area contributed by atoms with E-state index in [1.165, 1.54) is 6.92 Å². The first-order valence-electron chi connectivity index (χ1n) is 7.92. The number of carbonyl (C=O) groups is 5. The van der Waals surface area contributed by atoms with Crippen molar-refractivity contribution >= 4 is 40.3 Å². The monoisotopic (exact) mass is 355 g/mol. The van der Waals surface area contributed by atoms with Gasteiger partial charge < -0.3 is 10.0 Å². The van der Waals surface area contributed by atoms with E-state index in [9.17, 15) is 29.1 Å². The Morgan fingerprint density at radius 2 is 1.88 bits per heavy atom. The maximum Gasteiger partial charge on any atom is 0.326 e. The Morgan fingerprint density at radius 3 is 2.38 bits per heavy atom. The van der Waals surface area contributed by atoms with Gasteiger partial charge in [0.25, 0.3) is 0 Å². The van der Waals surface area contributed by atoms with Gasteiger partial charge in [-0.3, -0.25) is 19.2 Å². The second-order valence-corrected chi connectivity index (χ2v) is 7.69. The van der Waals surface area contributed by atoms with Gasteiger partial charge in [0.1, 0.15) is 23.0 Å². The minimum absolute atomic E-state index is 0.0884. The summed E-state index contributed by atoms with van der Waals surface area (Å²) in [5.74, 6) is -2.28. The van der Waals surface area contributed by atoms with Gasteiger partial charge >= 0.3 is 5.97 Å². The molecule has 0 aromatic carbocycles. The van der Waals surface area contributed by atoms with E-state index in [1.807, 2.05) is 0 Å². The van der Waals surface area contributed by atoms with Gasteiger partial charge in [-0.25, -0.2) is 4.79 Å². The van der Waals surface area contributed by atoms with Crippen molar-refractivity contribution in [2.75, 3.05) is 12.3 Å². The summed E-state index contributed by atoms with van der Waals surface area (Å²) >= 11 is 0.998. The Bertz CT molecular complexity index is 585. The fourth-order valence-corrected chi connectivity index (χ4v) is 4.05. The van der Waals surface area contributed by atoms with Gasteiger partial charge in [-0.15, -0.1) is 0 Å². The number of piperidine rings is 1. The molecule has 1 saturated carbocycles. The Labute approximate surface area is 144 Å². The standard InChI is InChI=1S/C16H21NO6S/c1-9(7-24-10(2)18)14(21)17-8-16(6-5-11(17)15(22)23)12(19)3-4-13(16)20/h9,11H,3-8H2,1-2H3,(H,22,23). The molecule has 1 heterocycles. The highest BCUT2D eigenvalue weighted by molar-refractivity contribution is 8.13. The summed E-state index contributed by atoms with van der Waals surface area (Å²) in [6.45, 7) is 2.86. The number of thioether (sulfide) groups is 1. The SMILES string of the molecule is CC(=O)SCC(C)C(=O)N1CC2(CCC1C(=O)O)C(=O)CCC2=O. The van der Waals surface area contributed by atoms with Crippen molar-refractivity contribution in [1.29, 1.82) is 0 Å². The molecular weight excluding hydrogens is 334 g/mol. The fraction of sp³-hybridized carbons (Fsp3) is 0.688. The van der Waals surface area contributed by atoms with E-state index < -0.39 is 29.3 Å². The second kappa shape index (κ2) is 7.04. The molecule has 0 bridgehead atoms. The number of aliphatic carboxylic acids is 1. The predicted molar refractivity (Wildman–Crippen MR) is 86.4 cm³/mol. The molecule has 1 amide bonds. The highest BCUT2D eigenvalue weighted by Crippen LogP contribution is 2.41. The van der Waals surface area contributed by atoms with Crippen molar-refractivity contribution in [3.8, 4) is 0 Å². The lowest BCUT2D eigenvalue weighted by molar-refractivity contribution is -0.160. The zero-order valence-electron chi connectivity index (χ0n) is 13.7. The van der Waals surface area contributed by atoms with Crippen molar-refractivity contribution in [1.82, 2.24) is 4.90 Å². The van der Waals surface area contributed by atoms with Crippen LogP contribution in [-0.4, -0.2) is 56.9 Å². The predicted octanol–water partition coefficient (Wildman–Crippen LogP) is 0.896. The number of carboxylic acids is 1. The maximum atomic E-state index is 12.7. The van der Waals surface area contributed by atoms with E-state index in [4.69, 9.17) is 0 Å². The van der Waals surface area contributed by atoms with Gasteiger partial charge in [0, 0.05) is 38.0 Å². The molecule has 1 aliphatic carbocycles. The largest absolute Gasteiger partial charge is 0.480 e. The molecule has 2 atom stereocenters. The highest BCUT2D eigenvalue weighted by Gasteiger charge is 2.55. The van der Waals surface area contributed by atoms with Crippen LogP contribution in [-0.2, 0) is 24.0 Å². The summed E-state index contributed by atoms with van der Waals surface area (Å²) in [6.07, 6.45) is 0.593. The molecule has 8 heteroatoms. The number of carbonyl (C=O) groups excluding carboxylic acids is 4. The molecule has 0 radical (unpaired) electrons. The van der Waals surface area contributed by atoms with E-state index >= 15 is 0 Å². The molecule has 2 aliphatic rings. The first-order chi connectivity index (χ1) is 11.2. The Balaban J connectivity index is 2.23. The summed E-state index contributed by atoms with van der Waals surface area (Å²) in [7, 11) is 0. The van der Waals surface area contributed by atoms with E-state index in [1.54, 1.807) is 6.92 Å². The number of hydrogen-bond donors (Lipinski definition) is 1. The van der Waals surface area contributed by atoms with Crippen molar-refractivity contribution < 1.29 is 29.1 Å². The van der Waals surface area contributed by atoms with E-state index in [0.29, 0.717) is 0 Å². The molecule has 24 heavy (non-hydrogen) atoms. The smallest absolute Gasteiger partial charge is 0.326 e. The van der Waals surface area contributed by atoms with Crippen LogP contribution in [0.4, 0.5) is 0 Å². The summed E-state index contributed by atoms with van der Waals surface area (Å²) < 4.78 is 0. The quantitative estimate of drug-likeness (QED) is 0.746. The number of amides is 1. The molecule has 1 spiro atoms. The summed E-state index contributed by atoms with van der Waals surface area (Å²) in [5.41, 5.74) is -1.23. The van der Waals surface area contributed by atoms with Gasteiger partial charge in [0.15, 0.2) is 5.12 Å². The number of carboxylic acid groups (broad SMARTS) is 1. The highest BCUT2D eigenvalue weighted by atomic mass is 32.2. The van der Waals surface area contributed by atoms with Crippen LogP contribution in [0, 0.1) is 11.3 Å². The summed E-state index contributed by atoms with van der Waals surface area (Å²) in [6, 6.07) is -1.03. The minimum atomic E-state index is -1.23. The molecule has 0 aromatic rings. The Morgan fingerprint density at radius 1 is 1.29 bits per heavy atom. The second-order valence-electron chi connectivity index (χ2n) is 6.49. The summed E-state index contributed by atoms with van der Waals surface area (Å²) in [4.78, 5) is 60.9. The van der Waals surface area contributed by atoms with E-state index in [-0.39, 0.29) is 54.7 Å². The van der Waals surface area contributed by atoms with Crippen LogP contribution < -0.4 is 0 Å². The van der Waals surface area contributed by atoms with E-state index in [0.717, 1.165) is 16.7 Å². The average Bonchev–Trinajstić information content (AvgIpc) is 2.80. The van der Waals surface area contributed by atoms with E-state index in [2.05, 4.69) is 0 Å². The maximum absolute atomic E-state index is 12.7. The number of hydrogen-bond acceptors (Lipinski definition) is 6. The van der Waals surface area contributed by atoms with Crippen LogP contribution in [0.15, 0.2) is 0 Å². The van der Waals surface area contributed by atoms with Crippen molar-refractivity contribution in [3.63, 3.8) is 0 Å². The molecule has 2 unspecified atom stereocenters. The Kier molecular flexibility index (Phi) is 5.47. The Hall–Kier alpha value is -1.70. The molecule has 132 valence electrons. The summed E-state index contributed by atoms with van der Waals surface area (Å²) in [5, 5.41) is 9.27. The van der Waals surface area contributed by atoms with Gasteiger partial charge in [-0.2, -0.15) is 0 Å². The third kappa shape index (κ3) is 3.38. The molecule has 7 nitrogen and oxygen atoms in total. The minimum Gasteiger partial charge on any atom is -0.480 e. The number of nitrogens with zero attached hydrogens (tertiary/aromatic N) is 1. The topological polar surface area (TPSA) is 109 Å². The zero-order valence-corrected chi connectivity index (χ0v) is 14.6. The van der Waals surface area contributed by atoms with Gasteiger partial charge in [-0.05, 0) is 12.8 Å². The lowest BCUT2D eigenvalue weighted by Crippen LogP contribution is -2.58. The third-order valence-electron chi connectivity index (χ3n) is 4.83.